The minimum atomic E-state index is 0.683. The normalized spacial score (nSPS) is 10.1. The van der Waals surface area contributed by atoms with Gasteiger partial charge in [-0.25, -0.2) is 0 Å². The van der Waals surface area contributed by atoms with Gasteiger partial charge in [0, 0.05) is 18.8 Å². The molecule has 0 aliphatic rings. The number of hydrogen-bond acceptors (Lipinski definition) is 4. The number of benzene rings is 1. The van der Waals surface area contributed by atoms with Crippen LogP contribution in [0.15, 0.2) is 42.6 Å². The zero-order chi connectivity index (χ0) is 13.0. The molecule has 0 saturated carbocycles. The van der Waals surface area contributed by atoms with Crippen molar-refractivity contribution in [2.45, 2.75) is 6.54 Å². The maximum absolute atomic E-state index is 5.61. The first-order chi connectivity index (χ1) is 8.69. The summed E-state index contributed by atoms with van der Waals surface area (Å²) in [5, 5.41) is 0. The second-order valence-electron chi connectivity index (χ2n) is 4.14. The molecule has 0 fully saturated rings. The van der Waals surface area contributed by atoms with Crippen LogP contribution in [0.1, 0.15) is 5.69 Å². The van der Waals surface area contributed by atoms with E-state index in [1.165, 1.54) is 0 Å². The number of anilines is 2. The smallest absolute Gasteiger partial charge is 0.120 e. The standard InChI is InChI=1S/C14H17N3O/c1-17(10-12-7-6-11(15)9-16-12)13-4-3-5-14(8-13)18-2/h3-9H,10,15H2,1-2H3. The molecule has 94 valence electrons. The minimum absolute atomic E-state index is 0.683. The van der Waals surface area contributed by atoms with E-state index >= 15 is 0 Å². The number of nitrogens with two attached hydrogens (primary N) is 1. The summed E-state index contributed by atoms with van der Waals surface area (Å²) in [5.74, 6) is 0.851. The van der Waals surface area contributed by atoms with Gasteiger partial charge in [0.2, 0.25) is 0 Å². The van der Waals surface area contributed by atoms with Crippen molar-refractivity contribution in [2.24, 2.45) is 0 Å². The van der Waals surface area contributed by atoms with E-state index in [2.05, 4.69) is 9.88 Å². The van der Waals surface area contributed by atoms with Crippen LogP contribution in [0.4, 0.5) is 11.4 Å². The minimum Gasteiger partial charge on any atom is -0.497 e. The molecule has 0 spiro atoms. The number of pyridine rings is 1. The van der Waals surface area contributed by atoms with E-state index < -0.39 is 0 Å². The van der Waals surface area contributed by atoms with Gasteiger partial charge in [-0.1, -0.05) is 6.07 Å². The Morgan fingerprint density at radius 1 is 1.28 bits per heavy atom. The molecule has 2 rings (SSSR count). The molecule has 0 radical (unpaired) electrons. The molecule has 0 atom stereocenters. The molecule has 0 amide bonds. The number of rotatable bonds is 4. The highest BCUT2D eigenvalue weighted by atomic mass is 16.5. The molecule has 2 N–H and O–H groups in total. The lowest BCUT2D eigenvalue weighted by molar-refractivity contribution is 0.415. The van der Waals surface area contributed by atoms with Crippen LogP contribution in [0, 0.1) is 0 Å². The van der Waals surface area contributed by atoms with Crippen LogP contribution in [0.3, 0.4) is 0 Å². The van der Waals surface area contributed by atoms with Crippen molar-refractivity contribution >= 4 is 11.4 Å². The van der Waals surface area contributed by atoms with E-state index in [9.17, 15) is 0 Å². The van der Waals surface area contributed by atoms with E-state index in [1.54, 1.807) is 13.3 Å². The molecule has 0 aliphatic carbocycles. The number of aromatic nitrogens is 1. The topological polar surface area (TPSA) is 51.4 Å². The van der Waals surface area contributed by atoms with Gasteiger partial charge in [0.1, 0.15) is 5.75 Å². The number of nitrogen functional groups attached to an aromatic ring is 1. The molecule has 2 aromatic rings. The molecular formula is C14H17N3O. The molecule has 0 aliphatic heterocycles. The van der Waals surface area contributed by atoms with Gasteiger partial charge in [-0.2, -0.15) is 0 Å². The summed E-state index contributed by atoms with van der Waals surface area (Å²) in [7, 11) is 3.69. The Kier molecular flexibility index (Phi) is 3.67. The Hall–Kier alpha value is -2.23. The van der Waals surface area contributed by atoms with Crippen LogP contribution >= 0.6 is 0 Å². The van der Waals surface area contributed by atoms with Crippen molar-refractivity contribution in [3.05, 3.63) is 48.3 Å². The number of ether oxygens (including phenoxy) is 1. The summed E-state index contributed by atoms with van der Waals surface area (Å²) < 4.78 is 5.21. The summed E-state index contributed by atoms with van der Waals surface area (Å²) in [4.78, 5) is 6.40. The Balaban J connectivity index is 2.11. The first kappa shape index (κ1) is 12.2. The van der Waals surface area contributed by atoms with Gasteiger partial charge >= 0.3 is 0 Å². The summed E-state index contributed by atoms with van der Waals surface area (Å²) in [6.07, 6.45) is 1.68. The Morgan fingerprint density at radius 3 is 2.78 bits per heavy atom. The number of methoxy groups -OCH3 is 1. The SMILES string of the molecule is COc1cccc(N(C)Cc2ccc(N)cn2)c1. The molecule has 1 aromatic heterocycles. The van der Waals surface area contributed by atoms with Gasteiger partial charge in [0.05, 0.1) is 31.2 Å². The summed E-state index contributed by atoms with van der Waals surface area (Å²) in [6.45, 7) is 0.730. The first-order valence-electron chi connectivity index (χ1n) is 5.74. The molecule has 0 saturated heterocycles. The fraction of sp³-hybridized carbons (Fsp3) is 0.214. The highest BCUT2D eigenvalue weighted by molar-refractivity contribution is 5.50. The van der Waals surface area contributed by atoms with Crippen molar-refractivity contribution in [3.63, 3.8) is 0 Å². The third-order valence-electron chi connectivity index (χ3n) is 2.74. The van der Waals surface area contributed by atoms with Crippen molar-refractivity contribution in [1.29, 1.82) is 0 Å². The summed E-state index contributed by atoms with van der Waals surface area (Å²) in [6, 6.07) is 11.7. The maximum Gasteiger partial charge on any atom is 0.120 e. The highest BCUT2D eigenvalue weighted by Gasteiger charge is 2.04. The van der Waals surface area contributed by atoms with E-state index in [-0.39, 0.29) is 0 Å². The van der Waals surface area contributed by atoms with Crippen molar-refractivity contribution in [2.75, 3.05) is 24.8 Å². The molecule has 1 aromatic carbocycles. The fourth-order valence-corrected chi connectivity index (χ4v) is 1.71. The van der Waals surface area contributed by atoms with Gasteiger partial charge in [-0.15, -0.1) is 0 Å². The average molecular weight is 243 g/mol. The first-order valence-corrected chi connectivity index (χ1v) is 5.74. The largest absolute Gasteiger partial charge is 0.497 e. The predicted molar refractivity (Wildman–Crippen MR) is 73.8 cm³/mol. The lowest BCUT2D eigenvalue weighted by Crippen LogP contribution is -2.17. The average Bonchev–Trinajstić information content (AvgIpc) is 2.41. The van der Waals surface area contributed by atoms with Crippen LogP contribution in [0.25, 0.3) is 0 Å². The maximum atomic E-state index is 5.61. The number of hydrogen-bond donors (Lipinski definition) is 1. The summed E-state index contributed by atoms with van der Waals surface area (Å²) >= 11 is 0. The molecule has 0 bridgehead atoms. The van der Waals surface area contributed by atoms with Crippen LogP contribution in [0.2, 0.25) is 0 Å². The Bertz CT molecular complexity index is 511. The number of nitrogens with zero attached hydrogens (tertiary/aromatic N) is 2. The van der Waals surface area contributed by atoms with Gasteiger partial charge in [-0.05, 0) is 24.3 Å². The summed E-state index contributed by atoms with van der Waals surface area (Å²) in [5.41, 5.74) is 8.37. The lowest BCUT2D eigenvalue weighted by atomic mass is 10.2. The van der Waals surface area contributed by atoms with Crippen molar-refractivity contribution < 1.29 is 4.74 Å². The Morgan fingerprint density at radius 2 is 2.11 bits per heavy atom. The van der Waals surface area contributed by atoms with Gasteiger partial charge in [0.15, 0.2) is 0 Å². The third kappa shape index (κ3) is 2.91. The van der Waals surface area contributed by atoms with E-state index in [0.717, 1.165) is 23.7 Å². The van der Waals surface area contributed by atoms with Crippen LogP contribution in [-0.2, 0) is 6.54 Å². The fourth-order valence-electron chi connectivity index (χ4n) is 1.71. The molecular weight excluding hydrogens is 226 g/mol. The van der Waals surface area contributed by atoms with Gasteiger partial charge in [-0.3, -0.25) is 4.98 Å². The van der Waals surface area contributed by atoms with E-state index in [4.69, 9.17) is 10.5 Å². The lowest BCUT2D eigenvalue weighted by Gasteiger charge is -2.19. The van der Waals surface area contributed by atoms with Gasteiger partial charge in [0.25, 0.3) is 0 Å². The second-order valence-corrected chi connectivity index (χ2v) is 4.14. The van der Waals surface area contributed by atoms with Crippen LogP contribution in [-0.4, -0.2) is 19.1 Å². The zero-order valence-corrected chi connectivity index (χ0v) is 10.6. The monoisotopic (exact) mass is 243 g/mol. The quantitative estimate of drug-likeness (QED) is 0.895. The molecule has 0 unspecified atom stereocenters. The van der Waals surface area contributed by atoms with Crippen LogP contribution in [0.5, 0.6) is 5.75 Å². The molecule has 18 heavy (non-hydrogen) atoms. The predicted octanol–water partition coefficient (Wildman–Crippen LogP) is 2.31. The molecule has 4 heteroatoms. The zero-order valence-electron chi connectivity index (χ0n) is 10.6. The third-order valence-corrected chi connectivity index (χ3v) is 2.74. The van der Waals surface area contributed by atoms with Crippen molar-refractivity contribution in [1.82, 2.24) is 4.98 Å². The Labute approximate surface area is 107 Å². The molecule has 4 nitrogen and oxygen atoms in total. The van der Waals surface area contributed by atoms with Gasteiger partial charge < -0.3 is 15.4 Å². The van der Waals surface area contributed by atoms with Crippen molar-refractivity contribution in [3.8, 4) is 5.75 Å². The van der Waals surface area contributed by atoms with E-state index in [1.807, 2.05) is 43.4 Å². The van der Waals surface area contributed by atoms with Crippen LogP contribution < -0.4 is 15.4 Å². The molecule has 1 heterocycles. The second kappa shape index (κ2) is 5.40. The van der Waals surface area contributed by atoms with E-state index in [0.29, 0.717) is 5.69 Å². The highest BCUT2D eigenvalue weighted by Crippen LogP contribution is 2.21.